The first-order valence-electron chi connectivity index (χ1n) is 5.76. The van der Waals surface area contributed by atoms with Crippen LogP contribution in [0.25, 0.3) is 0 Å². The zero-order valence-corrected chi connectivity index (χ0v) is 10.5. The van der Waals surface area contributed by atoms with Crippen molar-refractivity contribution in [2.45, 2.75) is 26.9 Å². The van der Waals surface area contributed by atoms with Gasteiger partial charge in [-0.25, -0.2) is 4.79 Å². The van der Waals surface area contributed by atoms with Gasteiger partial charge >= 0.3 is 5.97 Å². The van der Waals surface area contributed by atoms with Gasteiger partial charge in [0.15, 0.2) is 0 Å². The topological polar surface area (TPSA) is 56.8 Å². The van der Waals surface area contributed by atoms with Gasteiger partial charge in [0.25, 0.3) is 0 Å². The van der Waals surface area contributed by atoms with Gasteiger partial charge in [0.2, 0.25) is 0 Å². The summed E-state index contributed by atoms with van der Waals surface area (Å²) in [5.41, 5.74) is 0. The number of nitrogens with one attached hydrogen (secondary N) is 1. The predicted octanol–water partition coefficient (Wildman–Crippen LogP) is 0.581. The molecule has 5 nitrogen and oxygen atoms in total. The highest BCUT2D eigenvalue weighted by molar-refractivity contribution is 5.70. The molecule has 0 aromatic rings. The maximum atomic E-state index is 10.9. The van der Waals surface area contributed by atoms with Crippen molar-refractivity contribution in [1.82, 2.24) is 5.32 Å². The van der Waals surface area contributed by atoms with Crippen LogP contribution in [0.5, 0.6) is 0 Å². The Morgan fingerprint density at radius 1 is 1.31 bits per heavy atom. The lowest BCUT2D eigenvalue weighted by atomic mass is 10.4. The second kappa shape index (κ2) is 10.9. The molecule has 0 spiro atoms. The lowest BCUT2D eigenvalue weighted by Gasteiger charge is -2.12. The third-order valence-electron chi connectivity index (χ3n) is 1.83. The predicted molar refractivity (Wildman–Crippen MR) is 61.4 cm³/mol. The van der Waals surface area contributed by atoms with Gasteiger partial charge in [0, 0.05) is 19.7 Å². The standard InChI is InChI=1S/C11H23NO4/c1-4-15-10(3)8-12-6-7-14-9-11(13)16-5-2/h10,12H,4-9H2,1-3H3. The van der Waals surface area contributed by atoms with Crippen LogP contribution in [-0.4, -0.2) is 51.6 Å². The SMILES string of the molecule is CCOC(=O)COCCNCC(C)OCC. The molecule has 0 fully saturated rings. The van der Waals surface area contributed by atoms with E-state index in [9.17, 15) is 4.79 Å². The van der Waals surface area contributed by atoms with E-state index >= 15 is 0 Å². The minimum atomic E-state index is -0.315. The molecule has 1 unspecified atom stereocenters. The van der Waals surface area contributed by atoms with Gasteiger partial charge < -0.3 is 19.5 Å². The summed E-state index contributed by atoms with van der Waals surface area (Å²) in [6.45, 7) is 8.89. The van der Waals surface area contributed by atoms with Gasteiger partial charge in [-0.05, 0) is 20.8 Å². The second-order valence-electron chi connectivity index (χ2n) is 3.33. The Morgan fingerprint density at radius 2 is 2.06 bits per heavy atom. The van der Waals surface area contributed by atoms with E-state index in [-0.39, 0.29) is 18.7 Å². The van der Waals surface area contributed by atoms with Crippen molar-refractivity contribution in [3.05, 3.63) is 0 Å². The molecule has 0 bridgehead atoms. The number of hydrogen-bond acceptors (Lipinski definition) is 5. The van der Waals surface area contributed by atoms with Crippen molar-refractivity contribution in [2.24, 2.45) is 0 Å². The first kappa shape index (κ1) is 15.3. The van der Waals surface area contributed by atoms with E-state index in [1.807, 2.05) is 13.8 Å². The zero-order chi connectivity index (χ0) is 12.2. The number of carbonyl (C=O) groups excluding carboxylic acids is 1. The summed E-state index contributed by atoms with van der Waals surface area (Å²) in [7, 11) is 0. The highest BCUT2D eigenvalue weighted by Crippen LogP contribution is 1.87. The fraction of sp³-hybridized carbons (Fsp3) is 0.909. The van der Waals surface area contributed by atoms with Crippen LogP contribution in [0.15, 0.2) is 0 Å². The van der Waals surface area contributed by atoms with Crippen molar-refractivity contribution < 1.29 is 19.0 Å². The molecule has 0 saturated heterocycles. The first-order valence-corrected chi connectivity index (χ1v) is 5.76. The number of rotatable bonds is 10. The molecule has 0 aromatic heterocycles. The summed E-state index contributed by atoms with van der Waals surface area (Å²) in [5, 5.41) is 3.17. The molecule has 16 heavy (non-hydrogen) atoms. The highest BCUT2D eigenvalue weighted by Gasteiger charge is 2.01. The number of carbonyl (C=O) groups is 1. The summed E-state index contributed by atoms with van der Waals surface area (Å²) >= 11 is 0. The molecule has 0 rings (SSSR count). The van der Waals surface area contributed by atoms with Crippen LogP contribution in [0.2, 0.25) is 0 Å². The first-order chi connectivity index (χ1) is 7.70. The molecule has 0 saturated carbocycles. The Balaban J connectivity index is 3.18. The van der Waals surface area contributed by atoms with Crippen LogP contribution >= 0.6 is 0 Å². The summed E-state index contributed by atoms with van der Waals surface area (Å²) in [4.78, 5) is 10.9. The molecule has 0 aromatic carbocycles. The molecule has 0 radical (unpaired) electrons. The summed E-state index contributed by atoms with van der Waals surface area (Å²) < 4.78 is 15.2. The van der Waals surface area contributed by atoms with Gasteiger partial charge in [0.1, 0.15) is 6.61 Å². The average molecular weight is 233 g/mol. The Morgan fingerprint density at radius 3 is 2.69 bits per heavy atom. The third kappa shape index (κ3) is 9.89. The van der Waals surface area contributed by atoms with E-state index in [0.717, 1.165) is 13.2 Å². The van der Waals surface area contributed by atoms with Crippen LogP contribution in [0.4, 0.5) is 0 Å². The second-order valence-corrected chi connectivity index (χ2v) is 3.33. The van der Waals surface area contributed by atoms with Crippen molar-refractivity contribution in [1.29, 1.82) is 0 Å². The van der Waals surface area contributed by atoms with Gasteiger partial charge in [0.05, 0.1) is 19.3 Å². The van der Waals surface area contributed by atoms with Gasteiger partial charge in [-0.1, -0.05) is 0 Å². The Labute approximate surface area is 97.4 Å². The normalized spacial score (nSPS) is 12.4. The van der Waals surface area contributed by atoms with E-state index in [1.165, 1.54) is 0 Å². The number of esters is 1. The van der Waals surface area contributed by atoms with Crippen LogP contribution in [0.3, 0.4) is 0 Å². The van der Waals surface area contributed by atoms with E-state index in [0.29, 0.717) is 19.8 Å². The molecular formula is C11H23NO4. The lowest BCUT2D eigenvalue weighted by molar-refractivity contribution is -0.148. The summed E-state index contributed by atoms with van der Waals surface area (Å²) in [6.07, 6.45) is 0.204. The van der Waals surface area contributed by atoms with Crippen molar-refractivity contribution in [3.63, 3.8) is 0 Å². The van der Waals surface area contributed by atoms with Crippen LogP contribution < -0.4 is 5.32 Å². The quantitative estimate of drug-likeness (QED) is 0.442. The molecule has 96 valence electrons. The highest BCUT2D eigenvalue weighted by atomic mass is 16.6. The van der Waals surface area contributed by atoms with Crippen molar-refractivity contribution in [3.8, 4) is 0 Å². The fourth-order valence-corrected chi connectivity index (χ4v) is 1.15. The van der Waals surface area contributed by atoms with Crippen molar-refractivity contribution >= 4 is 5.97 Å². The maximum Gasteiger partial charge on any atom is 0.332 e. The number of ether oxygens (including phenoxy) is 3. The van der Waals surface area contributed by atoms with Crippen molar-refractivity contribution in [2.75, 3.05) is 39.5 Å². The molecule has 0 amide bonds. The van der Waals surface area contributed by atoms with E-state index in [1.54, 1.807) is 6.92 Å². The Kier molecular flexibility index (Phi) is 10.4. The monoisotopic (exact) mass is 233 g/mol. The lowest BCUT2D eigenvalue weighted by Crippen LogP contribution is -2.30. The molecule has 0 aliphatic rings. The van der Waals surface area contributed by atoms with E-state index in [2.05, 4.69) is 5.32 Å². The van der Waals surface area contributed by atoms with Gasteiger partial charge in [-0.15, -0.1) is 0 Å². The van der Waals surface area contributed by atoms with E-state index < -0.39 is 0 Å². The minimum absolute atomic E-state index is 0.0243. The van der Waals surface area contributed by atoms with E-state index in [4.69, 9.17) is 14.2 Å². The molecular weight excluding hydrogens is 210 g/mol. The molecule has 0 heterocycles. The summed E-state index contributed by atoms with van der Waals surface area (Å²) in [6, 6.07) is 0. The molecule has 5 heteroatoms. The Bertz CT molecular complexity index is 175. The number of hydrogen-bond donors (Lipinski definition) is 1. The molecule has 0 aliphatic heterocycles. The third-order valence-corrected chi connectivity index (χ3v) is 1.83. The maximum absolute atomic E-state index is 10.9. The van der Waals surface area contributed by atoms with Crippen LogP contribution in [0.1, 0.15) is 20.8 Å². The molecule has 0 aliphatic carbocycles. The smallest absolute Gasteiger partial charge is 0.332 e. The van der Waals surface area contributed by atoms with Gasteiger partial charge in [-0.2, -0.15) is 0 Å². The largest absolute Gasteiger partial charge is 0.464 e. The van der Waals surface area contributed by atoms with Gasteiger partial charge in [-0.3, -0.25) is 0 Å². The van der Waals surface area contributed by atoms with Crippen LogP contribution in [0, 0.1) is 0 Å². The molecule has 1 N–H and O–H groups in total. The summed E-state index contributed by atoms with van der Waals surface area (Å²) in [5.74, 6) is -0.315. The Hall–Kier alpha value is -0.650. The average Bonchev–Trinajstić information content (AvgIpc) is 2.24. The molecule has 1 atom stereocenters. The minimum Gasteiger partial charge on any atom is -0.464 e. The fourth-order valence-electron chi connectivity index (χ4n) is 1.15. The van der Waals surface area contributed by atoms with Crippen LogP contribution in [-0.2, 0) is 19.0 Å². The zero-order valence-electron chi connectivity index (χ0n) is 10.5.